The van der Waals surface area contributed by atoms with Crippen LogP contribution in [0, 0.1) is 0 Å². The van der Waals surface area contributed by atoms with Gasteiger partial charge in [0.25, 0.3) is 0 Å². The van der Waals surface area contributed by atoms with Crippen LogP contribution in [0.1, 0.15) is 47.1 Å². The Morgan fingerprint density at radius 1 is 0.688 bits per heavy atom. The molecular weight excluding hydrogens is 833 g/mol. The maximum absolute atomic E-state index is 12.2. The van der Waals surface area contributed by atoms with E-state index in [0.717, 1.165) is 10.8 Å². The minimum absolute atomic E-state index is 0.0453. The summed E-state index contributed by atoms with van der Waals surface area (Å²) in [5, 5.41) is 26.5. The van der Waals surface area contributed by atoms with Crippen LogP contribution in [-0.2, 0) is 14.2 Å². The highest BCUT2D eigenvalue weighted by molar-refractivity contribution is 6.01. The van der Waals surface area contributed by atoms with E-state index in [1.807, 2.05) is 32.0 Å². The number of furan rings is 3. The molecule has 0 bridgehead atoms. The molecule has 0 radical (unpaired) electrons. The van der Waals surface area contributed by atoms with Crippen LogP contribution >= 0.6 is 0 Å². The van der Waals surface area contributed by atoms with E-state index in [-0.39, 0.29) is 54.0 Å². The van der Waals surface area contributed by atoms with Gasteiger partial charge in [-0.3, -0.25) is 0 Å². The lowest BCUT2D eigenvalue weighted by molar-refractivity contribution is -0.271. The van der Waals surface area contributed by atoms with Gasteiger partial charge in [0.15, 0.2) is 33.7 Å². The SMILES string of the molecule is CC(C)(O)[C@@H](COc1c2occc2cc2ccc(=O)oc12)OC(C)(C)[C@H](O)COc1c2c(cc3ccoc13)C=C[C@]1(O2)O[C@H](COc2c3occc3cc3ccc(=O)oc23)C(C)(C)O1. The second-order valence-corrected chi connectivity index (χ2v) is 17.6. The lowest BCUT2D eigenvalue weighted by atomic mass is 9.97. The lowest BCUT2D eigenvalue weighted by Crippen LogP contribution is -2.52. The first-order valence-corrected chi connectivity index (χ1v) is 20.6. The Morgan fingerprint density at radius 2 is 1.22 bits per heavy atom. The Morgan fingerprint density at radius 3 is 1.81 bits per heavy atom. The zero-order valence-corrected chi connectivity index (χ0v) is 35.6. The van der Waals surface area contributed by atoms with Gasteiger partial charge in [-0.25, -0.2) is 9.59 Å². The molecule has 8 aromatic rings. The fourth-order valence-corrected chi connectivity index (χ4v) is 7.95. The minimum Gasteiger partial charge on any atom is -0.483 e. The van der Waals surface area contributed by atoms with Crippen LogP contribution in [0.3, 0.4) is 0 Å². The van der Waals surface area contributed by atoms with Gasteiger partial charge in [0.2, 0.25) is 17.2 Å². The third-order valence-electron chi connectivity index (χ3n) is 11.6. The molecule has 1 spiro atoms. The molecule has 0 aliphatic carbocycles. The van der Waals surface area contributed by atoms with E-state index in [9.17, 15) is 19.8 Å². The van der Waals surface area contributed by atoms with Crippen molar-refractivity contribution in [1.29, 1.82) is 0 Å². The fraction of sp³-hybridized carbons (Fsp3) is 0.333. The van der Waals surface area contributed by atoms with Crippen LogP contribution in [0.15, 0.2) is 117 Å². The topological polar surface area (TPSA) is 205 Å². The Hall–Kier alpha value is -6.56. The van der Waals surface area contributed by atoms with Gasteiger partial charge in [0, 0.05) is 50.7 Å². The van der Waals surface area contributed by atoms with Gasteiger partial charge in [0.05, 0.1) is 35.6 Å². The number of hydrogen-bond acceptors (Lipinski definition) is 16. The first-order chi connectivity index (χ1) is 30.5. The molecule has 0 amide bonds. The second-order valence-electron chi connectivity index (χ2n) is 17.6. The van der Waals surface area contributed by atoms with Crippen LogP contribution in [0.25, 0.3) is 60.9 Å². The van der Waals surface area contributed by atoms with Gasteiger partial charge in [-0.05, 0) is 96.1 Å². The second kappa shape index (κ2) is 15.0. The summed E-state index contributed by atoms with van der Waals surface area (Å²) in [4.78, 5) is 24.4. The number of aliphatic hydroxyl groups excluding tert-OH is 1. The molecule has 0 unspecified atom stereocenters. The number of rotatable bonds is 13. The van der Waals surface area contributed by atoms with Crippen molar-refractivity contribution in [2.75, 3.05) is 19.8 Å². The van der Waals surface area contributed by atoms with Gasteiger partial charge in [-0.15, -0.1) is 0 Å². The van der Waals surface area contributed by atoms with Crippen molar-refractivity contribution in [2.45, 2.75) is 82.6 Å². The summed E-state index contributed by atoms with van der Waals surface area (Å²) < 4.78 is 73.3. The van der Waals surface area contributed by atoms with Crippen molar-refractivity contribution in [2.24, 2.45) is 0 Å². The summed E-state index contributed by atoms with van der Waals surface area (Å²) in [7, 11) is 0. The normalized spacial score (nSPS) is 19.5. The third kappa shape index (κ3) is 7.36. The number of hydrogen-bond donors (Lipinski definition) is 2. The molecule has 16 heteroatoms. The fourth-order valence-electron chi connectivity index (χ4n) is 7.95. The van der Waals surface area contributed by atoms with E-state index in [0.29, 0.717) is 38.5 Å². The van der Waals surface area contributed by atoms with Crippen molar-refractivity contribution >= 4 is 60.9 Å². The largest absolute Gasteiger partial charge is 0.483 e. The molecule has 4 atom stereocenters. The van der Waals surface area contributed by atoms with Crippen molar-refractivity contribution in [1.82, 2.24) is 0 Å². The molecule has 2 N–H and O–H groups in total. The van der Waals surface area contributed by atoms with E-state index in [4.69, 9.17) is 55.2 Å². The smallest absolute Gasteiger partial charge is 0.350 e. The van der Waals surface area contributed by atoms with Gasteiger partial charge >= 0.3 is 17.2 Å². The molecule has 3 aromatic carbocycles. The highest BCUT2D eigenvalue weighted by Crippen LogP contribution is 2.49. The van der Waals surface area contributed by atoms with Gasteiger partial charge in [-0.1, -0.05) is 0 Å². The Labute approximate surface area is 363 Å². The van der Waals surface area contributed by atoms with Crippen molar-refractivity contribution in [3.63, 3.8) is 0 Å². The quantitative estimate of drug-likeness (QED) is 0.105. The number of benzene rings is 3. The summed E-state index contributed by atoms with van der Waals surface area (Å²) in [5.41, 5.74) is -2.75. The van der Waals surface area contributed by atoms with Crippen LogP contribution in [0.5, 0.6) is 23.0 Å². The van der Waals surface area contributed by atoms with Gasteiger partial charge in [0.1, 0.15) is 38.1 Å². The molecular formula is C48H44O16. The van der Waals surface area contributed by atoms with Crippen LogP contribution in [0.4, 0.5) is 0 Å². The van der Waals surface area contributed by atoms with Crippen molar-refractivity contribution < 1.29 is 65.5 Å². The Kier molecular flexibility index (Phi) is 9.73. The van der Waals surface area contributed by atoms with Crippen molar-refractivity contribution in [3.8, 4) is 23.0 Å². The molecule has 64 heavy (non-hydrogen) atoms. The van der Waals surface area contributed by atoms with Gasteiger partial charge in [-0.2, -0.15) is 0 Å². The molecule has 2 aliphatic rings. The highest BCUT2D eigenvalue weighted by atomic mass is 16.9. The number of ether oxygens (including phenoxy) is 7. The summed E-state index contributed by atoms with van der Waals surface area (Å²) in [6.45, 7) is 9.53. The van der Waals surface area contributed by atoms with E-state index in [1.165, 1.54) is 30.9 Å². The lowest BCUT2D eigenvalue weighted by Gasteiger charge is -2.39. The standard InChI is InChI=1S/C48H44O16/c1-45(2,52)32(23-57-42-36-28(12-16-53-36)19-25-7-9-34(50)59-39(25)42)61-46(3,4)31(49)22-56-44-38-30(14-18-55-38)21-27-11-15-48(63-41(27)44)62-33(47(5,6)64-48)24-58-43-37-29(13-17-54-37)20-26-8-10-35(51)60-40(26)43/h7-21,31-33,49,52H,22-24H2,1-6H3/t31-,32-,33-,48-/m1/s1. The molecule has 1 saturated heterocycles. The molecule has 332 valence electrons. The van der Waals surface area contributed by atoms with Crippen molar-refractivity contribution in [3.05, 3.63) is 112 Å². The van der Waals surface area contributed by atoms with Crippen LogP contribution in [-0.4, -0.2) is 71.1 Å². The zero-order chi connectivity index (χ0) is 44.8. The first kappa shape index (κ1) is 41.5. The third-order valence-corrected chi connectivity index (χ3v) is 11.6. The first-order valence-electron chi connectivity index (χ1n) is 20.6. The Balaban J connectivity index is 0.870. The van der Waals surface area contributed by atoms with Gasteiger partial charge < -0.3 is 65.5 Å². The maximum atomic E-state index is 12.2. The predicted molar refractivity (Wildman–Crippen MR) is 231 cm³/mol. The van der Waals surface area contributed by atoms with E-state index in [1.54, 1.807) is 70.2 Å². The van der Waals surface area contributed by atoms with E-state index >= 15 is 0 Å². The predicted octanol–water partition coefficient (Wildman–Crippen LogP) is 8.22. The number of aliphatic hydroxyl groups is 2. The van der Waals surface area contributed by atoms with E-state index < -0.39 is 52.3 Å². The maximum Gasteiger partial charge on any atom is 0.350 e. The summed E-state index contributed by atoms with van der Waals surface area (Å²) in [5.74, 6) is -0.906. The molecule has 5 aromatic heterocycles. The average Bonchev–Trinajstić information content (AvgIpc) is 4.06. The minimum atomic E-state index is -1.73. The summed E-state index contributed by atoms with van der Waals surface area (Å²) >= 11 is 0. The van der Waals surface area contributed by atoms with Crippen LogP contribution in [0.2, 0.25) is 0 Å². The molecule has 0 saturated carbocycles. The summed E-state index contributed by atoms with van der Waals surface area (Å²) in [6, 6.07) is 16.8. The Bertz CT molecular complexity index is 3220. The van der Waals surface area contributed by atoms with Crippen LogP contribution < -0.4 is 30.2 Å². The molecule has 10 rings (SSSR count). The summed E-state index contributed by atoms with van der Waals surface area (Å²) in [6.07, 6.45) is 4.95. The molecule has 7 heterocycles. The molecule has 16 nitrogen and oxygen atoms in total. The molecule has 1 fully saturated rings. The zero-order valence-electron chi connectivity index (χ0n) is 35.6. The van der Waals surface area contributed by atoms with E-state index in [2.05, 4.69) is 0 Å². The average molecular weight is 877 g/mol. The molecule has 2 aliphatic heterocycles. The monoisotopic (exact) mass is 876 g/mol. The highest BCUT2D eigenvalue weighted by Gasteiger charge is 2.55. The number of fused-ring (bicyclic) bond motifs is 6.